The van der Waals surface area contributed by atoms with Gasteiger partial charge in [0.25, 0.3) is 11.8 Å². The van der Waals surface area contributed by atoms with Gasteiger partial charge in [0.05, 0.1) is 0 Å². The predicted molar refractivity (Wildman–Crippen MR) is 178 cm³/mol. The Labute approximate surface area is 277 Å². The van der Waals surface area contributed by atoms with Crippen molar-refractivity contribution in [1.82, 2.24) is 5.32 Å². The van der Waals surface area contributed by atoms with Crippen molar-refractivity contribution < 1.29 is 31.9 Å². The molecular formula is C37H27F4N3O3S. The average molecular weight is 670 g/mol. The molecule has 0 spiro atoms. The lowest BCUT2D eigenvalue weighted by Crippen LogP contribution is -2.30. The fourth-order valence-electron chi connectivity index (χ4n) is 4.50. The summed E-state index contributed by atoms with van der Waals surface area (Å²) in [5.41, 5.74) is 1.68. The molecule has 0 bridgehead atoms. The number of carbonyl (C=O) groups excluding carboxylic acids is 3. The van der Waals surface area contributed by atoms with E-state index in [4.69, 9.17) is 0 Å². The number of anilines is 2. The molecule has 1 atom stereocenters. The van der Waals surface area contributed by atoms with E-state index in [1.807, 2.05) is 36.5 Å². The maximum absolute atomic E-state index is 14.3. The number of aryl methyl sites for hydroxylation is 1. The maximum Gasteiger partial charge on any atom is 0.272 e. The van der Waals surface area contributed by atoms with Crippen LogP contribution in [-0.4, -0.2) is 17.7 Å². The van der Waals surface area contributed by atoms with Crippen LogP contribution in [-0.2, 0) is 9.59 Å². The lowest BCUT2D eigenvalue weighted by molar-refractivity contribution is -0.116. The largest absolute Gasteiger partial charge is 0.321 e. The zero-order valence-electron chi connectivity index (χ0n) is 25.3. The quantitative estimate of drug-likeness (QED) is 0.0603. The molecular weight excluding hydrogens is 642 g/mol. The number of carbonyl (C=O) groups is 3. The van der Waals surface area contributed by atoms with E-state index in [0.717, 1.165) is 17.3 Å². The number of hydrogen-bond donors (Lipinski definition) is 3. The fraction of sp³-hybridized carbons (Fsp3) is 0.0541. The van der Waals surface area contributed by atoms with E-state index in [2.05, 4.69) is 10.6 Å². The van der Waals surface area contributed by atoms with Crippen LogP contribution in [0.5, 0.6) is 0 Å². The average Bonchev–Trinajstić information content (AvgIpc) is 3.10. The molecule has 5 aromatic carbocycles. The molecule has 3 N–H and O–H groups in total. The van der Waals surface area contributed by atoms with Gasteiger partial charge in [-0.1, -0.05) is 78.4 Å². The molecule has 1 unspecified atom stereocenters. The molecule has 3 amide bonds. The Bertz CT molecular complexity index is 1950. The molecule has 11 heteroatoms. The van der Waals surface area contributed by atoms with E-state index in [9.17, 15) is 31.9 Å². The predicted octanol–water partition coefficient (Wildman–Crippen LogP) is 8.43. The minimum absolute atomic E-state index is 0.000204. The van der Waals surface area contributed by atoms with Crippen molar-refractivity contribution in [3.05, 3.63) is 166 Å². The van der Waals surface area contributed by atoms with Crippen molar-refractivity contribution in [3.63, 3.8) is 0 Å². The van der Waals surface area contributed by atoms with Crippen LogP contribution < -0.4 is 16.0 Å². The Hall–Kier alpha value is -5.68. The van der Waals surface area contributed by atoms with Crippen LogP contribution in [0, 0.1) is 30.2 Å². The minimum Gasteiger partial charge on any atom is -0.321 e. The molecule has 0 aliphatic rings. The van der Waals surface area contributed by atoms with Gasteiger partial charge in [0.15, 0.2) is 23.3 Å². The summed E-state index contributed by atoms with van der Waals surface area (Å²) in [5.74, 6) is -8.74. The Morgan fingerprint density at radius 2 is 1.29 bits per heavy atom. The monoisotopic (exact) mass is 669 g/mol. The number of thioether (sulfide) groups is 1. The summed E-state index contributed by atoms with van der Waals surface area (Å²) in [7, 11) is 0. The maximum atomic E-state index is 14.3. The van der Waals surface area contributed by atoms with Crippen LogP contribution in [0.1, 0.15) is 32.3 Å². The first-order valence-corrected chi connectivity index (χ1v) is 15.4. The summed E-state index contributed by atoms with van der Waals surface area (Å²) < 4.78 is 56.2. The number of nitrogens with one attached hydrogen (secondary N) is 3. The Morgan fingerprint density at radius 3 is 1.90 bits per heavy atom. The van der Waals surface area contributed by atoms with Crippen LogP contribution in [0.25, 0.3) is 6.08 Å². The minimum atomic E-state index is -1.73. The molecule has 0 saturated heterocycles. The lowest BCUT2D eigenvalue weighted by Gasteiger charge is -2.18. The summed E-state index contributed by atoms with van der Waals surface area (Å²) in [6.45, 7) is 1.93. The van der Waals surface area contributed by atoms with Gasteiger partial charge in [-0.2, -0.15) is 0 Å². The Morgan fingerprint density at radius 1 is 0.708 bits per heavy atom. The highest BCUT2D eigenvalue weighted by molar-refractivity contribution is 8.00. The van der Waals surface area contributed by atoms with Gasteiger partial charge in [-0.3, -0.25) is 14.4 Å². The first kappa shape index (κ1) is 33.7. The normalized spacial score (nSPS) is 11.8. The van der Waals surface area contributed by atoms with Gasteiger partial charge in [-0.15, -0.1) is 11.8 Å². The third-order valence-electron chi connectivity index (χ3n) is 6.98. The second kappa shape index (κ2) is 15.3. The second-order valence-electron chi connectivity index (χ2n) is 10.5. The van der Waals surface area contributed by atoms with Gasteiger partial charge in [0.1, 0.15) is 16.6 Å². The van der Waals surface area contributed by atoms with E-state index >= 15 is 0 Å². The Balaban J connectivity index is 1.35. The number of halogens is 4. The van der Waals surface area contributed by atoms with Crippen molar-refractivity contribution in [1.29, 1.82) is 0 Å². The SMILES string of the molecule is Cc1ccc(/C=C(\NC(=O)c2ccccc2)C(=O)Nc2ccc(SC(C(=O)Nc3c(F)c(F)cc(F)c3F)c3ccccc3)cc2)cc1. The zero-order valence-corrected chi connectivity index (χ0v) is 26.1. The molecule has 242 valence electrons. The van der Waals surface area contributed by atoms with Gasteiger partial charge in [-0.05, 0) is 60.5 Å². The molecule has 0 aliphatic heterocycles. The number of benzene rings is 5. The highest BCUT2D eigenvalue weighted by atomic mass is 32.2. The second-order valence-corrected chi connectivity index (χ2v) is 11.7. The van der Waals surface area contributed by atoms with Crippen molar-refractivity contribution >= 4 is 46.9 Å². The summed E-state index contributed by atoms with van der Waals surface area (Å²) in [6.07, 6.45) is 1.55. The van der Waals surface area contributed by atoms with Gasteiger partial charge in [0.2, 0.25) is 5.91 Å². The molecule has 5 aromatic rings. The summed E-state index contributed by atoms with van der Waals surface area (Å²) in [6, 6.07) is 30.5. The van der Waals surface area contributed by atoms with Crippen LogP contribution in [0.15, 0.2) is 126 Å². The fourth-order valence-corrected chi connectivity index (χ4v) is 5.52. The third-order valence-corrected chi connectivity index (χ3v) is 8.25. The topological polar surface area (TPSA) is 87.3 Å². The third kappa shape index (κ3) is 8.37. The van der Waals surface area contributed by atoms with E-state index < -0.39 is 51.9 Å². The number of hydrogen-bond acceptors (Lipinski definition) is 4. The molecule has 5 rings (SSSR count). The standard InChI is InChI=1S/C37H27F4N3O3S/c1-22-12-14-23(15-13-22)20-30(43-35(45)25-10-6-3-7-11-25)36(46)42-26-16-18-27(19-17-26)48-34(24-8-4-2-5-9-24)37(47)44-33-31(40)28(38)21-29(39)32(33)41/h2-21,34H,1H3,(H,42,46)(H,43,45)(H,44,47)/b30-20-. The highest BCUT2D eigenvalue weighted by Crippen LogP contribution is 2.37. The van der Waals surface area contributed by atoms with E-state index in [1.54, 1.807) is 91.0 Å². The van der Waals surface area contributed by atoms with Crippen molar-refractivity contribution in [2.45, 2.75) is 17.1 Å². The van der Waals surface area contributed by atoms with Gasteiger partial charge >= 0.3 is 0 Å². The van der Waals surface area contributed by atoms with Gasteiger partial charge < -0.3 is 16.0 Å². The zero-order chi connectivity index (χ0) is 34.2. The first-order valence-electron chi connectivity index (χ1n) is 14.5. The van der Waals surface area contributed by atoms with Gasteiger partial charge in [-0.25, -0.2) is 17.6 Å². The van der Waals surface area contributed by atoms with Crippen molar-refractivity contribution in [3.8, 4) is 0 Å². The van der Waals surface area contributed by atoms with Crippen molar-refractivity contribution in [2.75, 3.05) is 10.6 Å². The van der Waals surface area contributed by atoms with E-state index in [0.29, 0.717) is 27.3 Å². The van der Waals surface area contributed by atoms with E-state index in [1.165, 1.54) is 0 Å². The first-order chi connectivity index (χ1) is 23.1. The molecule has 0 aliphatic carbocycles. The summed E-state index contributed by atoms with van der Waals surface area (Å²) in [5, 5.41) is 6.34. The van der Waals surface area contributed by atoms with Gasteiger partial charge in [0, 0.05) is 22.2 Å². The summed E-state index contributed by atoms with van der Waals surface area (Å²) >= 11 is 1.01. The van der Waals surface area contributed by atoms with Crippen molar-refractivity contribution in [2.24, 2.45) is 0 Å². The van der Waals surface area contributed by atoms with Crippen LogP contribution in [0.4, 0.5) is 28.9 Å². The highest BCUT2D eigenvalue weighted by Gasteiger charge is 2.27. The Kier molecular flexibility index (Phi) is 10.7. The smallest absolute Gasteiger partial charge is 0.272 e. The number of amides is 3. The lowest BCUT2D eigenvalue weighted by atomic mass is 10.1. The van der Waals surface area contributed by atoms with Crippen LogP contribution in [0.2, 0.25) is 0 Å². The molecule has 0 heterocycles. The van der Waals surface area contributed by atoms with Crippen LogP contribution in [0.3, 0.4) is 0 Å². The number of rotatable bonds is 10. The molecule has 48 heavy (non-hydrogen) atoms. The molecule has 0 fully saturated rings. The van der Waals surface area contributed by atoms with E-state index in [-0.39, 0.29) is 11.8 Å². The van der Waals surface area contributed by atoms with Crippen LogP contribution >= 0.6 is 11.8 Å². The molecule has 0 radical (unpaired) electrons. The molecule has 0 saturated carbocycles. The molecule has 6 nitrogen and oxygen atoms in total. The summed E-state index contributed by atoms with van der Waals surface area (Å²) in [4.78, 5) is 40.1. The molecule has 0 aromatic heterocycles.